The minimum atomic E-state index is -0.947. The molecule has 0 aromatic carbocycles. The number of hydrogen-bond acceptors (Lipinski definition) is 4. The Morgan fingerprint density at radius 1 is 1.29 bits per heavy atom. The average Bonchev–Trinajstić information content (AvgIpc) is 3.13. The number of nitrogens with one attached hydrogen (secondary N) is 1. The first-order valence-corrected chi connectivity index (χ1v) is 8.39. The zero-order valence-corrected chi connectivity index (χ0v) is 13.2. The Bertz CT molecular complexity index is 733. The highest BCUT2D eigenvalue weighted by atomic mass is 16.4. The monoisotopic (exact) mass is 329 g/mol. The second-order valence-electron chi connectivity index (χ2n) is 6.82. The molecule has 4 rings (SSSR count). The summed E-state index contributed by atoms with van der Waals surface area (Å²) in [6, 6.07) is 0.803. The SMILES string of the molecule is O=C1Cc2c(C(=O)N3C(C(=O)O)CC4CCCCC43)ccnc2N1. The summed E-state index contributed by atoms with van der Waals surface area (Å²) in [5.41, 5.74) is 0.978. The summed E-state index contributed by atoms with van der Waals surface area (Å²) in [7, 11) is 0. The van der Waals surface area contributed by atoms with Crippen LogP contribution in [0.4, 0.5) is 5.82 Å². The number of carbonyl (C=O) groups is 3. The maximum Gasteiger partial charge on any atom is 0.326 e. The van der Waals surface area contributed by atoms with E-state index in [1.165, 1.54) is 6.20 Å². The van der Waals surface area contributed by atoms with Gasteiger partial charge in [0.1, 0.15) is 11.9 Å². The molecule has 1 aliphatic carbocycles. The van der Waals surface area contributed by atoms with Gasteiger partial charge >= 0.3 is 5.97 Å². The van der Waals surface area contributed by atoms with Crippen LogP contribution >= 0.6 is 0 Å². The van der Waals surface area contributed by atoms with Gasteiger partial charge in [-0.25, -0.2) is 9.78 Å². The highest BCUT2D eigenvalue weighted by Gasteiger charge is 2.48. The number of hydrogen-bond donors (Lipinski definition) is 2. The second kappa shape index (κ2) is 5.58. The number of carbonyl (C=O) groups excluding carboxylic acids is 2. The van der Waals surface area contributed by atoms with Gasteiger partial charge in [0.2, 0.25) is 5.91 Å². The Labute approximate surface area is 139 Å². The van der Waals surface area contributed by atoms with Gasteiger partial charge in [-0.05, 0) is 31.2 Å². The number of aliphatic carboxylic acids is 1. The molecule has 1 saturated carbocycles. The van der Waals surface area contributed by atoms with Crippen LogP contribution in [0.2, 0.25) is 0 Å². The number of amides is 2. The van der Waals surface area contributed by atoms with Crippen LogP contribution in [0, 0.1) is 5.92 Å². The summed E-state index contributed by atoms with van der Waals surface area (Å²) in [5, 5.41) is 12.2. The normalized spacial score (nSPS) is 28.2. The van der Waals surface area contributed by atoms with Gasteiger partial charge in [-0.1, -0.05) is 12.8 Å². The Hall–Kier alpha value is -2.44. The van der Waals surface area contributed by atoms with Crippen molar-refractivity contribution in [1.29, 1.82) is 0 Å². The Kier molecular flexibility index (Phi) is 3.51. The molecule has 2 amide bonds. The molecule has 3 unspecified atom stereocenters. The fraction of sp³-hybridized carbons (Fsp3) is 0.529. The maximum absolute atomic E-state index is 13.2. The van der Waals surface area contributed by atoms with Crippen molar-refractivity contribution in [2.75, 3.05) is 5.32 Å². The third-order valence-electron chi connectivity index (χ3n) is 5.49. The van der Waals surface area contributed by atoms with Gasteiger partial charge in [0.25, 0.3) is 5.91 Å². The van der Waals surface area contributed by atoms with Crippen LogP contribution in [0.25, 0.3) is 0 Å². The lowest BCUT2D eigenvalue weighted by molar-refractivity contribution is -0.141. The highest BCUT2D eigenvalue weighted by Crippen LogP contribution is 2.41. The Balaban J connectivity index is 1.71. The van der Waals surface area contributed by atoms with Crippen molar-refractivity contribution < 1.29 is 19.5 Å². The predicted molar refractivity (Wildman–Crippen MR) is 84.5 cm³/mol. The predicted octanol–water partition coefficient (Wildman–Crippen LogP) is 1.43. The fourth-order valence-electron chi connectivity index (χ4n) is 4.43. The summed E-state index contributed by atoms with van der Waals surface area (Å²) in [6.07, 6.45) is 6.07. The number of aromatic nitrogens is 1. The molecule has 0 bridgehead atoms. The van der Waals surface area contributed by atoms with Crippen LogP contribution in [0.5, 0.6) is 0 Å². The van der Waals surface area contributed by atoms with Crippen LogP contribution in [0.15, 0.2) is 12.3 Å². The largest absolute Gasteiger partial charge is 0.480 e. The van der Waals surface area contributed by atoms with Gasteiger partial charge in [-0.3, -0.25) is 9.59 Å². The van der Waals surface area contributed by atoms with Gasteiger partial charge in [0, 0.05) is 23.4 Å². The van der Waals surface area contributed by atoms with E-state index in [1.807, 2.05) is 0 Å². The third-order valence-corrected chi connectivity index (χ3v) is 5.49. The fourth-order valence-corrected chi connectivity index (χ4v) is 4.43. The summed E-state index contributed by atoms with van der Waals surface area (Å²) in [4.78, 5) is 42.2. The van der Waals surface area contributed by atoms with Crippen molar-refractivity contribution in [2.45, 2.75) is 50.6 Å². The van der Waals surface area contributed by atoms with E-state index in [-0.39, 0.29) is 30.2 Å². The number of carboxylic acid groups (broad SMARTS) is 1. The van der Waals surface area contributed by atoms with E-state index >= 15 is 0 Å². The van der Waals surface area contributed by atoms with Crippen LogP contribution in [-0.4, -0.2) is 44.9 Å². The van der Waals surface area contributed by atoms with E-state index in [0.29, 0.717) is 23.4 Å². The van der Waals surface area contributed by atoms with Crippen molar-refractivity contribution >= 4 is 23.6 Å². The van der Waals surface area contributed by atoms with Crippen molar-refractivity contribution in [3.8, 4) is 0 Å². The van der Waals surface area contributed by atoms with Crippen molar-refractivity contribution in [2.24, 2.45) is 5.92 Å². The molecule has 2 fully saturated rings. The molecule has 3 atom stereocenters. The molecule has 7 heteroatoms. The van der Waals surface area contributed by atoms with E-state index in [4.69, 9.17) is 0 Å². The lowest BCUT2D eigenvalue weighted by atomic mass is 9.84. The number of anilines is 1. The first-order valence-electron chi connectivity index (χ1n) is 8.39. The maximum atomic E-state index is 13.2. The van der Waals surface area contributed by atoms with Crippen LogP contribution in [-0.2, 0) is 16.0 Å². The third kappa shape index (κ3) is 2.26. The van der Waals surface area contributed by atoms with Crippen molar-refractivity contribution in [3.05, 3.63) is 23.4 Å². The topological polar surface area (TPSA) is 99.6 Å². The van der Waals surface area contributed by atoms with Crippen LogP contribution in [0.3, 0.4) is 0 Å². The van der Waals surface area contributed by atoms with E-state index in [0.717, 1.165) is 25.7 Å². The van der Waals surface area contributed by atoms with Crippen LogP contribution < -0.4 is 5.32 Å². The Morgan fingerprint density at radius 2 is 2.08 bits per heavy atom. The van der Waals surface area contributed by atoms with E-state index in [1.54, 1.807) is 11.0 Å². The molecule has 3 heterocycles. The quantitative estimate of drug-likeness (QED) is 0.855. The molecule has 1 aromatic rings. The zero-order chi connectivity index (χ0) is 16.8. The highest BCUT2D eigenvalue weighted by molar-refractivity contribution is 6.05. The Morgan fingerprint density at radius 3 is 2.88 bits per heavy atom. The molecule has 24 heavy (non-hydrogen) atoms. The molecule has 1 aromatic heterocycles. The minimum absolute atomic E-state index is 0.0128. The molecule has 0 radical (unpaired) electrons. The van der Waals surface area contributed by atoms with E-state index in [9.17, 15) is 19.5 Å². The second-order valence-corrected chi connectivity index (χ2v) is 6.82. The van der Waals surface area contributed by atoms with Gasteiger partial charge in [0.05, 0.1) is 6.42 Å². The van der Waals surface area contributed by atoms with Gasteiger partial charge in [-0.2, -0.15) is 0 Å². The summed E-state index contributed by atoms with van der Waals surface area (Å²) in [6.45, 7) is 0. The van der Waals surface area contributed by atoms with Gasteiger partial charge in [0.15, 0.2) is 0 Å². The molecule has 7 nitrogen and oxygen atoms in total. The summed E-state index contributed by atoms with van der Waals surface area (Å²) >= 11 is 0. The smallest absolute Gasteiger partial charge is 0.326 e. The molecule has 2 aliphatic heterocycles. The summed E-state index contributed by atoms with van der Waals surface area (Å²) in [5.74, 6) is -0.746. The number of nitrogens with zero attached hydrogens (tertiary/aromatic N) is 2. The number of rotatable bonds is 2. The first kappa shape index (κ1) is 15.1. The standard InChI is InChI=1S/C17H19N3O4/c21-14-8-11-10(5-6-18-15(11)19-14)16(22)20-12-4-2-1-3-9(12)7-13(20)17(23)24/h5-6,9,12-13H,1-4,7-8H2,(H,23,24)(H,18,19,21). The average molecular weight is 329 g/mol. The zero-order valence-electron chi connectivity index (χ0n) is 13.2. The van der Waals surface area contributed by atoms with Crippen molar-refractivity contribution in [1.82, 2.24) is 9.88 Å². The number of likely N-dealkylation sites (tertiary alicyclic amines) is 1. The first-order chi connectivity index (χ1) is 11.6. The molecular weight excluding hydrogens is 310 g/mol. The summed E-state index contributed by atoms with van der Waals surface area (Å²) < 4.78 is 0. The van der Waals surface area contributed by atoms with Gasteiger partial charge < -0.3 is 15.3 Å². The number of carboxylic acids is 1. The number of pyridine rings is 1. The molecule has 0 spiro atoms. The molecule has 126 valence electrons. The van der Waals surface area contributed by atoms with E-state index < -0.39 is 12.0 Å². The minimum Gasteiger partial charge on any atom is -0.480 e. The van der Waals surface area contributed by atoms with Gasteiger partial charge in [-0.15, -0.1) is 0 Å². The molecule has 2 N–H and O–H groups in total. The lowest BCUT2D eigenvalue weighted by Crippen LogP contribution is -2.46. The molecule has 3 aliphatic rings. The van der Waals surface area contributed by atoms with E-state index in [2.05, 4.69) is 10.3 Å². The molecule has 1 saturated heterocycles. The number of fused-ring (bicyclic) bond motifs is 2. The van der Waals surface area contributed by atoms with Crippen LogP contribution in [0.1, 0.15) is 48.0 Å². The lowest BCUT2D eigenvalue weighted by Gasteiger charge is -2.33. The van der Waals surface area contributed by atoms with Crippen molar-refractivity contribution in [3.63, 3.8) is 0 Å². The molecular formula is C17H19N3O4.